The molecule has 0 amide bonds. The van der Waals surface area contributed by atoms with Crippen LogP contribution in [0.3, 0.4) is 0 Å². The van der Waals surface area contributed by atoms with E-state index in [0.717, 1.165) is 0 Å². The molecule has 0 saturated carbocycles. The van der Waals surface area contributed by atoms with Crippen molar-refractivity contribution in [1.29, 1.82) is 0 Å². The third-order valence-electron chi connectivity index (χ3n) is 2.58. The van der Waals surface area contributed by atoms with E-state index in [1.165, 1.54) is 6.07 Å². The van der Waals surface area contributed by atoms with Gasteiger partial charge in [0, 0.05) is 11.6 Å². The fraction of sp³-hybridized carbons (Fsp3) is 0.154. The van der Waals surface area contributed by atoms with E-state index in [-0.39, 0.29) is 4.90 Å². The summed E-state index contributed by atoms with van der Waals surface area (Å²) >= 11 is 0. The molecule has 0 atom stereocenters. The first-order chi connectivity index (χ1) is 9.04. The molecule has 0 aliphatic carbocycles. The Bertz CT molecular complexity index is 711. The van der Waals surface area contributed by atoms with Crippen LogP contribution >= 0.6 is 0 Å². The van der Waals surface area contributed by atoms with Gasteiger partial charge in [0.05, 0.1) is 11.5 Å². The SMILES string of the molecule is C=CCCOc1ccc(S(N)(=O)=O)c2cccnc12. The number of pyridine rings is 1. The number of nitrogens with two attached hydrogens (primary N) is 1. The van der Waals surface area contributed by atoms with Gasteiger partial charge in [-0.25, -0.2) is 13.6 Å². The minimum atomic E-state index is -3.78. The highest BCUT2D eigenvalue weighted by atomic mass is 32.2. The van der Waals surface area contributed by atoms with Crippen LogP contribution in [0.1, 0.15) is 6.42 Å². The number of hydrogen-bond acceptors (Lipinski definition) is 4. The first-order valence-electron chi connectivity index (χ1n) is 5.68. The van der Waals surface area contributed by atoms with Crippen molar-refractivity contribution in [1.82, 2.24) is 4.98 Å². The van der Waals surface area contributed by atoms with Crippen molar-refractivity contribution < 1.29 is 13.2 Å². The standard InChI is InChI=1S/C13H14N2O3S/c1-2-3-9-18-11-6-7-12(19(14,16)17)10-5-4-8-15-13(10)11/h2,4-8H,1,3,9H2,(H2,14,16,17). The van der Waals surface area contributed by atoms with Gasteiger partial charge in [-0.2, -0.15) is 0 Å². The van der Waals surface area contributed by atoms with Crippen molar-refractivity contribution in [3.8, 4) is 5.75 Å². The van der Waals surface area contributed by atoms with Crippen LogP contribution in [0.4, 0.5) is 0 Å². The molecule has 19 heavy (non-hydrogen) atoms. The zero-order valence-corrected chi connectivity index (χ0v) is 11.1. The molecule has 0 aliphatic heterocycles. The summed E-state index contributed by atoms with van der Waals surface area (Å²) in [5, 5.41) is 5.64. The van der Waals surface area contributed by atoms with Gasteiger partial charge in [0.15, 0.2) is 0 Å². The maximum Gasteiger partial charge on any atom is 0.238 e. The number of ether oxygens (including phenoxy) is 1. The molecule has 2 N–H and O–H groups in total. The van der Waals surface area contributed by atoms with Crippen LogP contribution in [0.5, 0.6) is 5.75 Å². The molecular weight excluding hydrogens is 264 g/mol. The smallest absolute Gasteiger partial charge is 0.238 e. The Labute approximate surface area is 111 Å². The Kier molecular flexibility index (Phi) is 3.82. The van der Waals surface area contributed by atoms with Gasteiger partial charge in [0.2, 0.25) is 10.0 Å². The van der Waals surface area contributed by atoms with Crippen LogP contribution in [0, 0.1) is 0 Å². The van der Waals surface area contributed by atoms with Crippen LogP contribution in [-0.2, 0) is 10.0 Å². The number of aromatic nitrogens is 1. The van der Waals surface area contributed by atoms with Crippen molar-refractivity contribution >= 4 is 20.9 Å². The van der Waals surface area contributed by atoms with E-state index < -0.39 is 10.0 Å². The molecule has 5 nitrogen and oxygen atoms in total. The summed E-state index contributed by atoms with van der Waals surface area (Å²) in [5.41, 5.74) is 0.484. The van der Waals surface area contributed by atoms with Crippen molar-refractivity contribution in [2.24, 2.45) is 5.14 Å². The van der Waals surface area contributed by atoms with E-state index in [1.54, 1.807) is 30.5 Å². The Morgan fingerprint density at radius 2 is 2.16 bits per heavy atom. The van der Waals surface area contributed by atoms with Gasteiger partial charge in [-0.15, -0.1) is 6.58 Å². The molecule has 2 rings (SSSR count). The highest BCUT2D eigenvalue weighted by Gasteiger charge is 2.15. The minimum Gasteiger partial charge on any atom is -0.491 e. The van der Waals surface area contributed by atoms with E-state index in [0.29, 0.717) is 29.7 Å². The summed E-state index contributed by atoms with van der Waals surface area (Å²) in [5.74, 6) is 0.532. The molecule has 2 aromatic rings. The van der Waals surface area contributed by atoms with E-state index in [4.69, 9.17) is 9.88 Å². The fourth-order valence-electron chi connectivity index (χ4n) is 1.74. The molecule has 1 aromatic carbocycles. The van der Waals surface area contributed by atoms with Crippen LogP contribution in [0.15, 0.2) is 48.0 Å². The molecule has 6 heteroatoms. The first-order valence-corrected chi connectivity index (χ1v) is 7.23. The highest BCUT2D eigenvalue weighted by molar-refractivity contribution is 7.89. The predicted molar refractivity (Wildman–Crippen MR) is 73.4 cm³/mol. The number of benzene rings is 1. The van der Waals surface area contributed by atoms with E-state index in [9.17, 15) is 8.42 Å². The number of fused-ring (bicyclic) bond motifs is 1. The molecule has 0 bridgehead atoms. The molecule has 100 valence electrons. The monoisotopic (exact) mass is 278 g/mol. The normalized spacial score (nSPS) is 11.4. The van der Waals surface area contributed by atoms with Crippen LogP contribution in [0.2, 0.25) is 0 Å². The predicted octanol–water partition coefficient (Wildman–Crippen LogP) is 1.84. The number of nitrogens with zero attached hydrogens (tertiary/aromatic N) is 1. The summed E-state index contributed by atoms with van der Waals surface area (Å²) < 4.78 is 28.6. The van der Waals surface area contributed by atoms with Gasteiger partial charge in [-0.1, -0.05) is 6.08 Å². The molecule has 0 aliphatic rings. The number of hydrogen-bond donors (Lipinski definition) is 1. The molecule has 0 spiro atoms. The van der Waals surface area contributed by atoms with E-state index >= 15 is 0 Å². The van der Waals surface area contributed by atoms with Crippen molar-refractivity contribution in [3.05, 3.63) is 43.1 Å². The lowest BCUT2D eigenvalue weighted by Gasteiger charge is -2.10. The third-order valence-corrected chi connectivity index (χ3v) is 3.55. The summed E-state index contributed by atoms with van der Waals surface area (Å²) in [6.45, 7) is 4.07. The topological polar surface area (TPSA) is 82.3 Å². The largest absolute Gasteiger partial charge is 0.491 e. The molecule has 0 radical (unpaired) electrons. The summed E-state index contributed by atoms with van der Waals surface area (Å²) in [6.07, 6.45) is 4.02. The molecule has 0 saturated heterocycles. The molecule has 0 fully saturated rings. The van der Waals surface area contributed by atoms with Gasteiger partial charge in [-0.05, 0) is 30.7 Å². The average Bonchev–Trinajstić information content (AvgIpc) is 2.37. The summed E-state index contributed by atoms with van der Waals surface area (Å²) in [7, 11) is -3.78. The second-order valence-electron chi connectivity index (χ2n) is 3.93. The van der Waals surface area contributed by atoms with Gasteiger partial charge in [0.25, 0.3) is 0 Å². The van der Waals surface area contributed by atoms with Crippen LogP contribution in [-0.4, -0.2) is 20.0 Å². The Morgan fingerprint density at radius 1 is 1.37 bits per heavy atom. The zero-order chi connectivity index (χ0) is 13.9. The van der Waals surface area contributed by atoms with Crippen molar-refractivity contribution in [2.45, 2.75) is 11.3 Å². The lowest BCUT2D eigenvalue weighted by molar-refractivity contribution is 0.328. The third kappa shape index (κ3) is 2.91. The van der Waals surface area contributed by atoms with Gasteiger partial charge in [0.1, 0.15) is 11.3 Å². The average molecular weight is 278 g/mol. The van der Waals surface area contributed by atoms with Gasteiger partial charge in [-0.3, -0.25) is 4.98 Å². The molecule has 1 aromatic heterocycles. The summed E-state index contributed by atoms with van der Waals surface area (Å²) in [6, 6.07) is 6.31. The van der Waals surface area contributed by atoms with Crippen molar-refractivity contribution in [3.63, 3.8) is 0 Å². The maximum absolute atomic E-state index is 11.5. The van der Waals surface area contributed by atoms with Gasteiger partial charge < -0.3 is 4.74 Å². The van der Waals surface area contributed by atoms with Gasteiger partial charge >= 0.3 is 0 Å². The van der Waals surface area contributed by atoms with E-state index in [2.05, 4.69) is 11.6 Å². The van der Waals surface area contributed by atoms with E-state index in [1.807, 2.05) is 0 Å². The second-order valence-corrected chi connectivity index (χ2v) is 5.46. The Hall–Kier alpha value is -1.92. The quantitative estimate of drug-likeness (QED) is 0.668. The first kappa shape index (κ1) is 13.5. The van der Waals surface area contributed by atoms with Crippen molar-refractivity contribution in [2.75, 3.05) is 6.61 Å². The number of primary sulfonamides is 1. The summed E-state index contributed by atoms with van der Waals surface area (Å²) in [4.78, 5) is 4.21. The van der Waals surface area contributed by atoms with Crippen LogP contribution < -0.4 is 9.88 Å². The minimum absolute atomic E-state index is 0.0478. The highest BCUT2D eigenvalue weighted by Crippen LogP contribution is 2.28. The Morgan fingerprint density at radius 3 is 2.84 bits per heavy atom. The maximum atomic E-state index is 11.5. The molecule has 0 unspecified atom stereocenters. The lowest BCUT2D eigenvalue weighted by Crippen LogP contribution is -2.13. The number of rotatable bonds is 5. The number of sulfonamides is 1. The zero-order valence-electron chi connectivity index (χ0n) is 10.2. The lowest BCUT2D eigenvalue weighted by atomic mass is 10.2. The molecular formula is C13H14N2O3S. The van der Waals surface area contributed by atoms with Crippen LogP contribution in [0.25, 0.3) is 10.9 Å². The molecule has 1 heterocycles. The second kappa shape index (κ2) is 5.38. The fourth-order valence-corrected chi connectivity index (χ4v) is 2.47. The Balaban J connectivity index is 2.55.